The largest absolute Gasteiger partial charge is 0.461 e. The third-order valence-corrected chi connectivity index (χ3v) is 3.50. The molecule has 132 valence electrons. The number of rotatable bonds is 5. The molecule has 0 heterocycles. The summed E-state index contributed by atoms with van der Waals surface area (Å²) in [6, 6.07) is 10.3. The molecule has 1 atom stereocenters. The molecule has 0 saturated carbocycles. The second-order valence-electron chi connectivity index (χ2n) is 5.80. The minimum Gasteiger partial charge on any atom is -0.461 e. The van der Waals surface area contributed by atoms with Gasteiger partial charge in [-0.15, -0.1) is 0 Å². The average Bonchev–Trinajstić information content (AvgIpc) is 2.58. The Labute approximate surface area is 145 Å². The molecule has 2 aromatic carbocycles. The first-order valence-electron chi connectivity index (χ1n) is 7.85. The molecule has 2 aromatic rings. The van der Waals surface area contributed by atoms with Gasteiger partial charge in [0.2, 0.25) is 0 Å². The van der Waals surface area contributed by atoms with Crippen molar-refractivity contribution in [1.29, 1.82) is 0 Å². The zero-order chi connectivity index (χ0) is 18.6. The zero-order valence-corrected chi connectivity index (χ0v) is 14.2. The molecule has 0 N–H and O–H groups in total. The highest BCUT2D eigenvalue weighted by atomic mass is 19.2. The second kappa shape index (κ2) is 7.88. The lowest BCUT2D eigenvalue weighted by molar-refractivity contribution is -0.148. The molecule has 0 saturated heterocycles. The van der Waals surface area contributed by atoms with Crippen molar-refractivity contribution < 1.29 is 23.1 Å². The highest BCUT2D eigenvalue weighted by Crippen LogP contribution is 2.23. The summed E-state index contributed by atoms with van der Waals surface area (Å²) in [5.74, 6) is -3.29. The number of anilines is 1. The van der Waals surface area contributed by atoms with Gasteiger partial charge in [-0.3, -0.25) is 9.69 Å². The van der Waals surface area contributed by atoms with Crippen LogP contribution < -0.4 is 4.90 Å². The third kappa shape index (κ3) is 4.41. The zero-order valence-electron chi connectivity index (χ0n) is 14.2. The summed E-state index contributed by atoms with van der Waals surface area (Å²) < 4.78 is 32.1. The quantitative estimate of drug-likeness (QED) is 0.770. The molecule has 0 spiro atoms. The predicted octanol–water partition coefficient (Wildman–Crippen LogP) is 3.95. The molecule has 0 aromatic heterocycles. The summed E-state index contributed by atoms with van der Waals surface area (Å²) in [4.78, 5) is 26.2. The van der Waals surface area contributed by atoms with Gasteiger partial charge in [0.15, 0.2) is 11.6 Å². The van der Waals surface area contributed by atoms with Crippen molar-refractivity contribution in [2.45, 2.75) is 32.9 Å². The van der Waals surface area contributed by atoms with Gasteiger partial charge in [-0.2, -0.15) is 0 Å². The van der Waals surface area contributed by atoms with E-state index in [-0.39, 0.29) is 11.8 Å². The SMILES string of the molecule is CC(C)OC(=O)C(C)N(C(=O)c1ccccc1)c1ccc(F)c(F)c1. The molecule has 0 radical (unpaired) electrons. The van der Waals surface area contributed by atoms with Crippen molar-refractivity contribution >= 4 is 17.6 Å². The second-order valence-corrected chi connectivity index (χ2v) is 5.80. The van der Waals surface area contributed by atoms with E-state index in [1.54, 1.807) is 44.2 Å². The van der Waals surface area contributed by atoms with Gasteiger partial charge >= 0.3 is 5.97 Å². The van der Waals surface area contributed by atoms with Gasteiger partial charge < -0.3 is 4.74 Å². The number of hydrogen-bond donors (Lipinski definition) is 0. The van der Waals surface area contributed by atoms with Gasteiger partial charge in [0.05, 0.1) is 6.10 Å². The first-order valence-corrected chi connectivity index (χ1v) is 7.85. The molecule has 0 fully saturated rings. The summed E-state index contributed by atoms with van der Waals surface area (Å²) in [5, 5.41) is 0. The van der Waals surface area contributed by atoms with Gasteiger partial charge in [-0.1, -0.05) is 18.2 Å². The third-order valence-electron chi connectivity index (χ3n) is 3.50. The molecule has 0 aliphatic heterocycles. The first-order chi connectivity index (χ1) is 11.8. The summed E-state index contributed by atoms with van der Waals surface area (Å²) in [5.41, 5.74) is 0.386. The van der Waals surface area contributed by atoms with Crippen molar-refractivity contribution in [2.75, 3.05) is 4.90 Å². The fraction of sp³-hybridized carbons (Fsp3) is 0.263. The van der Waals surface area contributed by atoms with Crippen molar-refractivity contribution in [1.82, 2.24) is 0 Å². The van der Waals surface area contributed by atoms with E-state index in [1.807, 2.05) is 0 Å². The van der Waals surface area contributed by atoms with Gasteiger partial charge in [0, 0.05) is 17.3 Å². The van der Waals surface area contributed by atoms with Crippen LogP contribution >= 0.6 is 0 Å². The van der Waals surface area contributed by atoms with Crippen LogP contribution in [-0.2, 0) is 9.53 Å². The van der Waals surface area contributed by atoms with Crippen LogP contribution in [0.2, 0.25) is 0 Å². The number of halogens is 2. The number of amides is 1. The maximum atomic E-state index is 13.7. The lowest BCUT2D eigenvalue weighted by Crippen LogP contribution is -2.45. The van der Waals surface area contributed by atoms with Crippen molar-refractivity contribution in [3.8, 4) is 0 Å². The standard InChI is InChI=1S/C19H19F2NO3/c1-12(2)25-19(24)13(3)22(15-9-10-16(20)17(21)11-15)18(23)14-7-5-4-6-8-14/h4-13H,1-3H3. The Morgan fingerprint density at radius 2 is 1.60 bits per heavy atom. The van der Waals surface area contributed by atoms with E-state index in [1.165, 1.54) is 13.0 Å². The van der Waals surface area contributed by atoms with Crippen molar-refractivity contribution in [2.24, 2.45) is 0 Å². The molecular weight excluding hydrogens is 328 g/mol. The number of hydrogen-bond acceptors (Lipinski definition) is 3. The highest BCUT2D eigenvalue weighted by Gasteiger charge is 2.30. The number of benzene rings is 2. The van der Waals surface area contributed by atoms with E-state index in [0.29, 0.717) is 5.56 Å². The summed E-state index contributed by atoms with van der Waals surface area (Å²) in [6.07, 6.45) is -0.367. The molecule has 0 bridgehead atoms. The van der Waals surface area contributed by atoms with Gasteiger partial charge in [-0.05, 0) is 45.0 Å². The summed E-state index contributed by atoms with van der Waals surface area (Å²) >= 11 is 0. The fourth-order valence-electron chi connectivity index (χ4n) is 2.31. The van der Waals surface area contributed by atoms with Gasteiger partial charge in [0.25, 0.3) is 5.91 Å². The molecule has 25 heavy (non-hydrogen) atoms. The molecule has 1 unspecified atom stereocenters. The number of carbonyl (C=O) groups is 2. The molecule has 2 rings (SSSR count). The Bertz CT molecular complexity index is 763. The molecule has 6 heteroatoms. The summed E-state index contributed by atoms with van der Waals surface area (Å²) in [6.45, 7) is 4.85. The number of nitrogens with zero attached hydrogens (tertiary/aromatic N) is 1. The molecule has 4 nitrogen and oxygen atoms in total. The maximum absolute atomic E-state index is 13.7. The smallest absolute Gasteiger partial charge is 0.329 e. The van der Waals surface area contributed by atoms with Crippen LogP contribution in [0, 0.1) is 11.6 Å². The fourth-order valence-corrected chi connectivity index (χ4v) is 2.31. The Kier molecular flexibility index (Phi) is 5.85. The minimum atomic E-state index is -1.10. The predicted molar refractivity (Wildman–Crippen MR) is 90.3 cm³/mol. The molecule has 0 aliphatic rings. The Balaban J connectivity index is 2.45. The van der Waals surface area contributed by atoms with Crippen LogP contribution in [0.4, 0.5) is 14.5 Å². The maximum Gasteiger partial charge on any atom is 0.329 e. The van der Waals surface area contributed by atoms with E-state index >= 15 is 0 Å². The molecule has 0 aliphatic carbocycles. The highest BCUT2D eigenvalue weighted by molar-refractivity contribution is 6.09. The lowest BCUT2D eigenvalue weighted by Gasteiger charge is -2.28. The van der Waals surface area contributed by atoms with E-state index in [9.17, 15) is 18.4 Å². The van der Waals surface area contributed by atoms with Crippen LogP contribution in [0.1, 0.15) is 31.1 Å². The number of carbonyl (C=O) groups excluding carboxylic acids is 2. The van der Waals surface area contributed by atoms with E-state index in [0.717, 1.165) is 17.0 Å². The van der Waals surface area contributed by atoms with Crippen LogP contribution in [-0.4, -0.2) is 24.0 Å². The lowest BCUT2D eigenvalue weighted by atomic mass is 10.1. The average molecular weight is 347 g/mol. The van der Waals surface area contributed by atoms with E-state index in [4.69, 9.17) is 4.74 Å². The monoisotopic (exact) mass is 347 g/mol. The number of esters is 1. The van der Waals surface area contributed by atoms with Crippen LogP contribution in [0.3, 0.4) is 0 Å². The Morgan fingerprint density at radius 1 is 0.960 bits per heavy atom. The van der Waals surface area contributed by atoms with Gasteiger partial charge in [-0.25, -0.2) is 13.6 Å². The number of ether oxygens (including phenoxy) is 1. The molecule has 1 amide bonds. The van der Waals surface area contributed by atoms with Crippen LogP contribution in [0.25, 0.3) is 0 Å². The van der Waals surface area contributed by atoms with Crippen molar-refractivity contribution in [3.63, 3.8) is 0 Å². The Morgan fingerprint density at radius 3 is 2.16 bits per heavy atom. The van der Waals surface area contributed by atoms with Crippen molar-refractivity contribution in [3.05, 3.63) is 65.7 Å². The molecular formula is C19H19F2NO3. The van der Waals surface area contributed by atoms with Crippen LogP contribution in [0.15, 0.2) is 48.5 Å². The first kappa shape index (κ1) is 18.6. The topological polar surface area (TPSA) is 46.6 Å². The Hall–Kier alpha value is -2.76. The van der Waals surface area contributed by atoms with Gasteiger partial charge in [0.1, 0.15) is 6.04 Å². The minimum absolute atomic E-state index is 0.0703. The summed E-state index contributed by atoms with van der Waals surface area (Å²) in [7, 11) is 0. The van der Waals surface area contributed by atoms with E-state index in [2.05, 4.69) is 0 Å². The van der Waals surface area contributed by atoms with E-state index < -0.39 is 29.6 Å². The normalized spacial score (nSPS) is 11.9. The van der Waals surface area contributed by atoms with Crippen LogP contribution in [0.5, 0.6) is 0 Å².